The van der Waals surface area contributed by atoms with Gasteiger partial charge in [-0.3, -0.25) is 4.79 Å². The van der Waals surface area contributed by atoms with E-state index in [4.69, 9.17) is 14.0 Å². The van der Waals surface area contributed by atoms with Crippen LogP contribution in [0.2, 0.25) is 0 Å². The van der Waals surface area contributed by atoms with Gasteiger partial charge in [0.05, 0.1) is 7.11 Å². The lowest BCUT2D eigenvalue weighted by atomic mass is 10.2. The number of aromatic nitrogens is 2. The fourth-order valence-electron chi connectivity index (χ4n) is 2.86. The number of likely N-dealkylation sites (N-methyl/N-ethyl adjacent to an activating group) is 1. The summed E-state index contributed by atoms with van der Waals surface area (Å²) >= 11 is 0. The number of methoxy groups -OCH3 is 1. The molecule has 29 heavy (non-hydrogen) atoms. The number of nitrogens with zero attached hydrogens (tertiary/aromatic N) is 3. The van der Waals surface area contributed by atoms with Gasteiger partial charge in [-0.1, -0.05) is 30.3 Å². The average Bonchev–Trinajstić information content (AvgIpc) is 3.24. The number of hydrogen-bond donors (Lipinski definition) is 0. The molecule has 0 bridgehead atoms. The Morgan fingerprint density at radius 1 is 1.07 bits per heavy atom. The molecule has 3 rings (SSSR count). The summed E-state index contributed by atoms with van der Waals surface area (Å²) in [7, 11) is 1.61. The van der Waals surface area contributed by atoms with E-state index in [9.17, 15) is 4.79 Å². The second-order valence-electron chi connectivity index (χ2n) is 6.42. The summed E-state index contributed by atoms with van der Waals surface area (Å²) in [6, 6.07) is 16.7. The topological polar surface area (TPSA) is 77.7 Å². The molecule has 152 valence electrons. The van der Waals surface area contributed by atoms with Gasteiger partial charge in [0.25, 0.3) is 5.91 Å². The quantitative estimate of drug-likeness (QED) is 0.546. The minimum atomic E-state index is -0.568. The predicted molar refractivity (Wildman–Crippen MR) is 109 cm³/mol. The van der Waals surface area contributed by atoms with E-state index in [1.54, 1.807) is 12.0 Å². The van der Waals surface area contributed by atoms with Gasteiger partial charge >= 0.3 is 0 Å². The molecule has 0 fully saturated rings. The highest BCUT2D eigenvalue weighted by Crippen LogP contribution is 2.20. The number of benzene rings is 2. The summed E-state index contributed by atoms with van der Waals surface area (Å²) in [5.74, 6) is 2.16. The molecule has 0 N–H and O–H groups in total. The molecule has 7 nitrogen and oxygen atoms in total. The van der Waals surface area contributed by atoms with E-state index in [0.29, 0.717) is 30.4 Å². The van der Waals surface area contributed by atoms with Gasteiger partial charge in [0.1, 0.15) is 18.0 Å². The van der Waals surface area contributed by atoms with Crippen molar-refractivity contribution in [2.75, 3.05) is 13.7 Å². The van der Waals surface area contributed by atoms with E-state index in [0.717, 1.165) is 11.3 Å². The zero-order chi connectivity index (χ0) is 20.6. The summed E-state index contributed by atoms with van der Waals surface area (Å²) in [6.07, 6.45) is -0.00754. The number of rotatable bonds is 9. The first-order valence-electron chi connectivity index (χ1n) is 9.62. The van der Waals surface area contributed by atoms with Gasteiger partial charge in [0.15, 0.2) is 6.10 Å². The lowest BCUT2D eigenvalue weighted by molar-refractivity contribution is -0.139. The second-order valence-corrected chi connectivity index (χ2v) is 6.42. The van der Waals surface area contributed by atoms with Gasteiger partial charge < -0.3 is 18.9 Å². The van der Waals surface area contributed by atoms with Crippen molar-refractivity contribution in [1.29, 1.82) is 0 Å². The first kappa shape index (κ1) is 20.4. The van der Waals surface area contributed by atoms with E-state index >= 15 is 0 Å². The monoisotopic (exact) mass is 395 g/mol. The Balaban J connectivity index is 1.68. The van der Waals surface area contributed by atoms with Crippen LogP contribution in [0.3, 0.4) is 0 Å². The highest BCUT2D eigenvalue weighted by molar-refractivity contribution is 5.81. The third-order valence-corrected chi connectivity index (χ3v) is 4.50. The molecule has 1 atom stereocenters. The Kier molecular flexibility index (Phi) is 6.84. The molecule has 7 heteroatoms. The van der Waals surface area contributed by atoms with E-state index in [1.165, 1.54) is 0 Å². The number of carbonyl (C=O) groups excluding carboxylic acids is 1. The number of hydrogen-bond acceptors (Lipinski definition) is 6. The fourth-order valence-corrected chi connectivity index (χ4v) is 2.86. The molecular formula is C22H25N3O4. The van der Waals surface area contributed by atoms with Crippen molar-refractivity contribution in [3.63, 3.8) is 0 Å². The lowest BCUT2D eigenvalue weighted by Crippen LogP contribution is -2.41. The summed E-state index contributed by atoms with van der Waals surface area (Å²) in [5.41, 5.74) is 0.814. The van der Waals surface area contributed by atoms with Crippen LogP contribution in [0.5, 0.6) is 11.5 Å². The molecule has 0 aliphatic heterocycles. The molecule has 0 aliphatic carbocycles. The maximum Gasteiger partial charge on any atom is 0.264 e. The molecule has 2 aromatic carbocycles. The van der Waals surface area contributed by atoms with Crippen LogP contribution in [0.15, 0.2) is 59.1 Å². The molecule has 3 aromatic rings. The Hall–Kier alpha value is -3.35. The highest BCUT2D eigenvalue weighted by atomic mass is 16.5. The maximum atomic E-state index is 13.0. The molecule has 0 saturated heterocycles. The van der Waals surface area contributed by atoms with Gasteiger partial charge in [0.2, 0.25) is 11.7 Å². The number of carbonyl (C=O) groups is 1. The van der Waals surface area contributed by atoms with Crippen molar-refractivity contribution >= 4 is 5.91 Å². The van der Waals surface area contributed by atoms with Crippen LogP contribution in [0, 0.1) is 0 Å². The second kappa shape index (κ2) is 9.73. The zero-order valence-electron chi connectivity index (χ0n) is 16.9. The van der Waals surface area contributed by atoms with Crippen LogP contribution in [0.1, 0.15) is 26.2 Å². The lowest BCUT2D eigenvalue weighted by Gasteiger charge is -2.25. The SMILES string of the molecule is CC[C@@H](Oc1ccccc1)C(=O)N(CC)Cc1nc(-c2ccc(OC)cc2)no1. The molecule has 1 amide bonds. The first-order chi connectivity index (χ1) is 14.1. The Labute approximate surface area is 170 Å². The fraction of sp³-hybridized carbons (Fsp3) is 0.318. The number of para-hydroxylation sites is 1. The van der Waals surface area contributed by atoms with Crippen LogP contribution in [-0.2, 0) is 11.3 Å². The summed E-state index contributed by atoms with van der Waals surface area (Å²) in [5, 5.41) is 4.03. The maximum absolute atomic E-state index is 13.0. The zero-order valence-corrected chi connectivity index (χ0v) is 16.9. The van der Waals surface area contributed by atoms with E-state index < -0.39 is 6.10 Å². The Morgan fingerprint density at radius 3 is 2.41 bits per heavy atom. The smallest absolute Gasteiger partial charge is 0.264 e. The van der Waals surface area contributed by atoms with E-state index in [2.05, 4.69) is 10.1 Å². The third-order valence-electron chi connectivity index (χ3n) is 4.50. The van der Waals surface area contributed by atoms with Gasteiger partial charge in [-0.25, -0.2) is 0 Å². The molecule has 0 aliphatic rings. The number of amides is 1. The Morgan fingerprint density at radius 2 is 1.79 bits per heavy atom. The largest absolute Gasteiger partial charge is 0.497 e. The summed E-state index contributed by atoms with van der Waals surface area (Å²) in [4.78, 5) is 19.0. The van der Waals surface area contributed by atoms with Crippen LogP contribution < -0.4 is 9.47 Å². The van der Waals surface area contributed by atoms with E-state index in [1.807, 2.05) is 68.4 Å². The normalized spacial score (nSPS) is 11.7. The molecule has 1 aromatic heterocycles. The van der Waals surface area contributed by atoms with Crippen molar-refractivity contribution < 1.29 is 18.8 Å². The number of ether oxygens (including phenoxy) is 2. The van der Waals surface area contributed by atoms with Crippen LogP contribution >= 0.6 is 0 Å². The van der Waals surface area contributed by atoms with Gasteiger partial charge in [-0.05, 0) is 49.7 Å². The van der Waals surface area contributed by atoms with Crippen molar-refractivity contribution in [2.24, 2.45) is 0 Å². The molecular weight excluding hydrogens is 370 g/mol. The minimum Gasteiger partial charge on any atom is -0.497 e. The van der Waals surface area contributed by atoms with Gasteiger partial charge in [-0.15, -0.1) is 0 Å². The molecule has 0 spiro atoms. The Bertz CT molecular complexity index is 909. The van der Waals surface area contributed by atoms with E-state index in [-0.39, 0.29) is 12.5 Å². The molecule has 0 unspecified atom stereocenters. The van der Waals surface area contributed by atoms with Crippen molar-refractivity contribution in [3.8, 4) is 22.9 Å². The van der Waals surface area contributed by atoms with Crippen molar-refractivity contribution in [3.05, 3.63) is 60.5 Å². The van der Waals surface area contributed by atoms with Crippen molar-refractivity contribution in [1.82, 2.24) is 15.0 Å². The predicted octanol–water partition coefficient (Wildman–Crippen LogP) is 3.95. The third kappa shape index (κ3) is 5.13. The van der Waals surface area contributed by atoms with Crippen LogP contribution in [-0.4, -0.2) is 40.7 Å². The standard InChI is InChI=1S/C22H25N3O4/c1-4-19(28-18-9-7-6-8-10-18)22(26)25(5-2)15-20-23-21(24-29-20)16-11-13-17(27-3)14-12-16/h6-14,19H,4-5,15H2,1-3H3/t19-/m1/s1. The van der Waals surface area contributed by atoms with Gasteiger partial charge in [-0.2, -0.15) is 4.98 Å². The average molecular weight is 395 g/mol. The van der Waals surface area contributed by atoms with Crippen LogP contribution in [0.25, 0.3) is 11.4 Å². The first-order valence-corrected chi connectivity index (χ1v) is 9.62. The molecule has 0 radical (unpaired) electrons. The van der Waals surface area contributed by atoms with Crippen molar-refractivity contribution in [2.45, 2.75) is 32.9 Å². The molecule has 0 saturated carbocycles. The van der Waals surface area contributed by atoms with Gasteiger partial charge in [0, 0.05) is 12.1 Å². The minimum absolute atomic E-state index is 0.108. The highest BCUT2D eigenvalue weighted by Gasteiger charge is 2.25. The van der Waals surface area contributed by atoms with Crippen LogP contribution in [0.4, 0.5) is 0 Å². The summed E-state index contributed by atoms with van der Waals surface area (Å²) in [6.45, 7) is 4.57. The summed E-state index contributed by atoms with van der Waals surface area (Å²) < 4.78 is 16.4. The molecule has 1 heterocycles.